The lowest BCUT2D eigenvalue weighted by molar-refractivity contribution is 0.0742. The second kappa shape index (κ2) is 7.62. The van der Waals surface area contributed by atoms with E-state index in [1.807, 2.05) is 13.0 Å². The first-order valence-corrected chi connectivity index (χ1v) is 7.89. The molecule has 3 N–H and O–H groups in total. The Labute approximate surface area is 154 Å². The Kier molecular flexibility index (Phi) is 6.00. The van der Waals surface area contributed by atoms with Gasteiger partial charge >= 0.3 is 0 Å². The molecule has 10 heteroatoms. The molecule has 1 atom stereocenters. The number of fused-ring (bicyclic) bond motifs is 1. The molecule has 1 fully saturated rings. The van der Waals surface area contributed by atoms with Crippen LogP contribution < -0.4 is 10.9 Å². The van der Waals surface area contributed by atoms with E-state index in [0.717, 1.165) is 22.7 Å². The van der Waals surface area contributed by atoms with E-state index < -0.39 is 0 Å². The molecular formula is C14H17Cl2N5O2S. The number of rotatable bonds is 2. The topological polar surface area (TPSA) is 95.7 Å². The van der Waals surface area contributed by atoms with Gasteiger partial charge in [-0.25, -0.2) is 4.98 Å². The third-order valence-corrected chi connectivity index (χ3v) is 4.90. The van der Waals surface area contributed by atoms with Crippen LogP contribution in [-0.4, -0.2) is 39.9 Å². The molecule has 0 aliphatic carbocycles. The molecule has 24 heavy (non-hydrogen) atoms. The number of aryl methyl sites for hydroxylation is 1. The van der Waals surface area contributed by atoms with Crippen LogP contribution in [-0.2, 0) is 4.74 Å². The van der Waals surface area contributed by atoms with Crippen molar-refractivity contribution in [3.8, 4) is 10.4 Å². The van der Waals surface area contributed by atoms with E-state index in [2.05, 4.69) is 25.5 Å². The molecule has 3 aromatic rings. The largest absolute Gasteiger partial charge is 0.378 e. The first kappa shape index (κ1) is 18.9. The fourth-order valence-corrected chi connectivity index (χ4v) is 3.65. The molecule has 130 valence electrons. The number of H-pyrrole nitrogens is 2. The highest BCUT2D eigenvalue weighted by molar-refractivity contribution is 7.22. The maximum absolute atomic E-state index is 12.3. The lowest BCUT2D eigenvalue weighted by Gasteiger charge is -2.22. The standard InChI is InChI=1S/C14H15N5O2S.2ClH/c1-7-8(5-16-19-7)11-4-9-12(22-11)14(20)18-13(17-9)10-6-21-3-2-15-10;;/h4-5,10,15H,2-3,6H2,1H3,(H,16,19)(H,17,18,20);2*1H. The van der Waals surface area contributed by atoms with Gasteiger partial charge in [0.05, 0.1) is 31.0 Å². The summed E-state index contributed by atoms with van der Waals surface area (Å²) in [6.45, 7) is 3.92. The Morgan fingerprint density at radius 3 is 2.88 bits per heavy atom. The number of hydrogen-bond donors (Lipinski definition) is 3. The zero-order valence-corrected chi connectivity index (χ0v) is 15.2. The number of nitrogens with zero attached hydrogens (tertiary/aromatic N) is 2. The van der Waals surface area contributed by atoms with Crippen molar-refractivity contribution in [3.05, 3.63) is 34.1 Å². The summed E-state index contributed by atoms with van der Waals surface area (Å²) in [5, 5.41) is 10.2. The summed E-state index contributed by atoms with van der Waals surface area (Å²) < 4.78 is 6.07. The zero-order valence-electron chi connectivity index (χ0n) is 12.8. The Balaban J connectivity index is 0.00000104. The molecule has 0 radical (unpaired) electrons. The summed E-state index contributed by atoms with van der Waals surface area (Å²) in [6, 6.07) is 1.88. The Bertz CT molecular complexity index is 885. The summed E-state index contributed by atoms with van der Waals surface area (Å²) in [4.78, 5) is 20.8. The van der Waals surface area contributed by atoms with Crippen molar-refractivity contribution in [2.45, 2.75) is 13.0 Å². The van der Waals surface area contributed by atoms with E-state index in [1.165, 1.54) is 11.3 Å². The van der Waals surface area contributed by atoms with Crippen LogP contribution in [0, 0.1) is 6.92 Å². The van der Waals surface area contributed by atoms with Gasteiger partial charge in [0, 0.05) is 22.7 Å². The SMILES string of the molecule is Cc1[nH]ncc1-c1cc2nc(C3COCCN3)[nH]c(=O)c2s1.Cl.Cl. The molecule has 1 aliphatic rings. The molecule has 3 aromatic heterocycles. The van der Waals surface area contributed by atoms with Crippen LogP contribution in [0.3, 0.4) is 0 Å². The molecule has 0 spiro atoms. The number of ether oxygens (including phenoxy) is 1. The van der Waals surface area contributed by atoms with Gasteiger partial charge in [-0.15, -0.1) is 36.2 Å². The summed E-state index contributed by atoms with van der Waals surface area (Å²) >= 11 is 1.43. The first-order valence-electron chi connectivity index (χ1n) is 7.07. The van der Waals surface area contributed by atoms with Crippen molar-refractivity contribution >= 4 is 46.4 Å². The molecule has 0 aromatic carbocycles. The molecular weight excluding hydrogens is 373 g/mol. The summed E-state index contributed by atoms with van der Waals surface area (Å²) in [5.74, 6) is 0.630. The Morgan fingerprint density at radius 2 is 2.21 bits per heavy atom. The summed E-state index contributed by atoms with van der Waals surface area (Å²) in [5.41, 5.74) is 2.59. The van der Waals surface area contributed by atoms with Gasteiger partial charge in [-0.3, -0.25) is 9.89 Å². The maximum atomic E-state index is 12.3. The maximum Gasteiger partial charge on any atom is 0.268 e. The summed E-state index contributed by atoms with van der Waals surface area (Å²) in [7, 11) is 0. The monoisotopic (exact) mass is 389 g/mol. The first-order chi connectivity index (χ1) is 10.7. The lowest BCUT2D eigenvalue weighted by Crippen LogP contribution is -2.36. The van der Waals surface area contributed by atoms with Gasteiger partial charge in [-0.2, -0.15) is 5.10 Å². The van der Waals surface area contributed by atoms with E-state index in [0.29, 0.717) is 29.3 Å². The van der Waals surface area contributed by atoms with Crippen molar-refractivity contribution in [2.24, 2.45) is 0 Å². The fraction of sp³-hybridized carbons (Fsp3) is 0.357. The predicted molar refractivity (Wildman–Crippen MR) is 98.6 cm³/mol. The van der Waals surface area contributed by atoms with E-state index in [-0.39, 0.29) is 36.4 Å². The minimum Gasteiger partial charge on any atom is -0.378 e. The lowest BCUT2D eigenvalue weighted by atomic mass is 10.2. The van der Waals surface area contributed by atoms with Crippen molar-refractivity contribution in [3.63, 3.8) is 0 Å². The fourth-order valence-electron chi connectivity index (χ4n) is 2.60. The normalized spacial score (nSPS) is 17.3. The van der Waals surface area contributed by atoms with Crippen molar-refractivity contribution < 1.29 is 4.74 Å². The average molecular weight is 390 g/mol. The number of morpholine rings is 1. The molecule has 0 amide bonds. The molecule has 1 unspecified atom stereocenters. The van der Waals surface area contributed by atoms with Crippen molar-refractivity contribution in [2.75, 3.05) is 19.8 Å². The minimum atomic E-state index is -0.107. The van der Waals surface area contributed by atoms with Crippen LogP contribution in [0.15, 0.2) is 17.1 Å². The molecule has 4 heterocycles. The van der Waals surface area contributed by atoms with E-state index >= 15 is 0 Å². The van der Waals surface area contributed by atoms with E-state index in [1.54, 1.807) is 6.20 Å². The number of aromatic amines is 2. The molecule has 4 rings (SSSR count). The predicted octanol–water partition coefficient (Wildman–Crippen LogP) is 2.19. The second-order valence-electron chi connectivity index (χ2n) is 5.27. The second-order valence-corrected chi connectivity index (χ2v) is 6.32. The van der Waals surface area contributed by atoms with Gasteiger partial charge in [-0.1, -0.05) is 0 Å². The smallest absolute Gasteiger partial charge is 0.268 e. The highest BCUT2D eigenvalue weighted by Crippen LogP contribution is 2.32. The van der Waals surface area contributed by atoms with Crippen LogP contribution in [0.5, 0.6) is 0 Å². The number of hydrogen-bond acceptors (Lipinski definition) is 6. The molecule has 0 bridgehead atoms. The third-order valence-electron chi connectivity index (χ3n) is 3.75. The molecule has 1 saturated heterocycles. The van der Waals surface area contributed by atoms with Crippen LogP contribution >= 0.6 is 36.2 Å². The van der Waals surface area contributed by atoms with Crippen molar-refractivity contribution in [1.29, 1.82) is 0 Å². The summed E-state index contributed by atoms with van der Waals surface area (Å²) in [6.07, 6.45) is 1.77. The zero-order chi connectivity index (χ0) is 15.1. The van der Waals surface area contributed by atoms with Gasteiger partial charge in [-0.05, 0) is 13.0 Å². The van der Waals surface area contributed by atoms with Crippen LogP contribution in [0.25, 0.3) is 20.7 Å². The van der Waals surface area contributed by atoms with Crippen LogP contribution in [0.4, 0.5) is 0 Å². The highest BCUT2D eigenvalue weighted by atomic mass is 35.5. The highest BCUT2D eigenvalue weighted by Gasteiger charge is 2.20. The van der Waals surface area contributed by atoms with Crippen molar-refractivity contribution in [1.82, 2.24) is 25.5 Å². The van der Waals surface area contributed by atoms with Crippen LogP contribution in [0.2, 0.25) is 0 Å². The van der Waals surface area contributed by atoms with E-state index in [4.69, 9.17) is 4.74 Å². The van der Waals surface area contributed by atoms with E-state index in [9.17, 15) is 4.79 Å². The third kappa shape index (κ3) is 3.33. The van der Waals surface area contributed by atoms with Gasteiger partial charge in [0.1, 0.15) is 10.5 Å². The average Bonchev–Trinajstić information content (AvgIpc) is 3.14. The minimum absolute atomic E-state index is 0. The quantitative estimate of drug-likeness (QED) is 0.624. The van der Waals surface area contributed by atoms with Gasteiger partial charge in [0.15, 0.2) is 0 Å². The number of halogens is 2. The van der Waals surface area contributed by atoms with Gasteiger partial charge < -0.3 is 15.0 Å². The molecule has 0 saturated carbocycles. The number of thiophene rings is 1. The molecule has 7 nitrogen and oxygen atoms in total. The van der Waals surface area contributed by atoms with Gasteiger partial charge in [0.25, 0.3) is 5.56 Å². The number of aromatic nitrogens is 4. The Morgan fingerprint density at radius 1 is 1.38 bits per heavy atom. The van der Waals surface area contributed by atoms with Crippen LogP contribution in [0.1, 0.15) is 17.6 Å². The molecule has 1 aliphatic heterocycles. The number of nitrogens with one attached hydrogen (secondary N) is 3. The van der Waals surface area contributed by atoms with Gasteiger partial charge in [0.2, 0.25) is 0 Å². The Hall–Kier alpha value is -1.45.